The first-order chi connectivity index (χ1) is 10.2. The second-order valence-corrected chi connectivity index (χ2v) is 4.99. The van der Waals surface area contributed by atoms with Gasteiger partial charge in [0.05, 0.1) is 7.11 Å². The van der Waals surface area contributed by atoms with E-state index in [0.29, 0.717) is 0 Å². The van der Waals surface area contributed by atoms with Crippen molar-refractivity contribution in [3.05, 3.63) is 53.9 Å². The summed E-state index contributed by atoms with van der Waals surface area (Å²) >= 11 is 0. The van der Waals surface area contributed by atoms with Gasteiger partial charge >= 0.3 is 0 Å². The van der Waals surface area contributed by atoms with E-state index >= 15 is 0 Å². The van der Waals surface area contributed by atoms with Crippen molar-refractivity contribution in [2.45, 2.75) is 20.0 Å². The van der Waals surface area contributed by atoms with Gasteiger partial charge in [0.15, 0.2) is 0 Å². The molecule has 2 rings (SSSR count). The van der Waals surface area contributed by atoms with E-state index in [2.05, 4.69) is 47.4 Å². The van der Waals surface area contributed by atoms with Crippen LogP contribution in [0.15, 0.2) is 42.7 Å². The number of benzene rings is 1. The number of anilines is 1. The number of pyridine rings is 1. The van der Waals surface area contributed by atoms with Gasteiger partial charge in [0.1, 0.15) is 5.75 Å². The smallest absolute Gasteiger partial charge is 0.119 e. The summed E-state index contributed by atoms with van der Waals surface area (Å²) in [6.45, 7) is 4.73. The molecule has 4 nitrogen and oxygen atoms in total. The second kappa shape index (κ2) is 7.64. The average molecular weight is 285 g/mol. The summed E-state index contributed by atoms with van der Waals surface area (Å²) in [7, 11) is 3.80. The van der Waals surface area contributed by atoms with Crippen LogP contribution in [-0.2, 0) is 13.1 Å². The summed E-state index contributed by atoms with van der Waals surface area (Å²) in [5.41, 5.74) is 3.64. The molecule has 0 bridgehead atoms. The highest BCUT2D eigenvalue weighted by molar-refractivity contribution is 5.52. The van der Waals surface area contributed by atoms with Crippen LogP contribution < -0.4 is 15.0 Å². The summed E-state index contributed by atoms with van der Waals surface area (Å²) < 4.78 is 5.28. The summed E-state index contributed by atoms with van der Waals surface area (Å²) in [6, 6.07) is 10.2. The molecule has 0 unspecified atom stereocenters. The molecular weight excluding hydrogens is 262 g/mol. The van der Waals surface area contributed by atoms with Gasteiger partial charge in [0, 0.05) is 43.8 Å². The van der Waals surface area contributed by atoms with Gasteiger partial charge < -0.3 is 15.0 Å². The maximum atomic E-state index is 5.28. The highest BCUT2D eigenvalue weighted by Gasteiger charge is 2.08. The molecule has 2 aromatic rings. The van der Waals surface area contributed by atoms with E-state index in [1.807, 2.05) is 24.5 Å². The van der Waals surface area contributed by atoms with Gasteiger partial charge in [-0.1, -0.05) is 19.1 Å². The number of nitrogens with zero attached hydrogens (tertiary/aromatic N) is 2. The van der Waals surface area contributed by atoms with Crippen molar-refractivity contribution in [3.8, 4) is 5.75 Å². The molecular formula is C17H23N3O. The van der Waals surface area contributed by atoms with Gasteiger partial charge in [-0.05, 0) is 30.3 Å². The number of methoxy groups -OCH3 is 1. The van der Waals surface area contributed by atoms with E-state index in [-0.39, 0.29) is 0 Å². The Kier molecular flexibility index (Phi) is 5.58. The average Bonchev–Trinajstić information content (AvgIpc) is 2.53. The third-order valence-corrected chi connectivity index (χ3v) is 3.41. The van der Waals surface area contributed by atoms with Gasteiger partial charge in [-0.25, -0.2) is 0 Å². The van der Waals surface area contributed by atoms with Crippen molar-refractivity contribution in [3.63, 3.8) is 0 Å². The van der Waals surface area contributed by atoms with Crippen LogP contribution in [0, 0.1) is 0 Å². The third-order valence-electron chi connectivity index (χ3n) is 3.41. The number of hydrogen-bond acceptors (Lipinski definition) is 4. The van der Waals surface area contributed by atoms with E-state index in [0.717, 1.165) is 25.4 Å². The van der Waals surface area contributed by atoms with Crippen molar-refractivity contribution >= 4 is 5.69 Å². The monoisotopic (exact) mass is 285 g/mol. The molecule has 0 atom stereocenters. The van der Waals surface area contributed by atoms with Crippen molar-refractivity contribution < 1.29 is 4.74 Å². The Morgan fingerprint density at radius 1 is 1.29 bits per heavy atom. The first-order valence-electron chi connectivity index (χ1n) is 7.22. The van der Waals surface area contributed by atoms with E-state index in [1.165, 1.54) is 16.8 Å². The Labute approximate surface area is 126 Å². The van der Waals surface area contributed by atoms with Crippen LogP contribution in [0.5, 0.6) is 5.75 Å². The molecule has 0 saturated heterocycles. The van der Waals surface area contributed by atoms with Crippen molar-refractivity contribution in [2.75, 3.05) is 25.6 Å². The van der Waals surface area contributed by atoms with Crippen LogP contribution in [0.4, 0.5) is 5.69 Å². The Bertz CT molecular complexity index is 571. The van der Waals surface area contributed by atoms with Gasteiger partial charge in [-0.2, -0.15) is 0 Å². The fourth-order valence-corrected chi connectivity index (χ4v) is 2.32. The highest BCUT2D eigenvalue weighted by atomic mass is 16.5. The van der Waals surface area contributed by atoms with Gasteiger partial charge in [0.25, 0.3) is 0 Å². The molecule has 112 valence electrons. The summed E-state index contributed by atoms with van der Waals surface area (Å²) in [5.74, 6) is 0.892. The lowest BCUT2D eigenvalue weighted by atomic mass is 10.1. The molecule has 0 aliphatic heterocycles. The maximum absolute atomic E-state index is 5.28. The van der Waals surface area contributed by atoms with E-state index in [4.69, 9.17) is 4.74 Å². The highest BCUT2D eigenvalue weighted by Crippen LogP contribution is 2.21. The Hall–Kier alpha value is -2.07. The fourth-order valence-electron chi connectivity index (χ4n) is 2.32. The SMILES string of the molecule is CCNCc1cnccc1N(C)Cc1cccc(OC)c1. The van der Waals surface area contributed by atoms with E-state index in [1.54, 1.807) is 7.11 Å². The molecule has 1 N–H and O–H groups in total. The van der Waals surface area contributed by atoms with E-state index < -0.39 is 0 Å². The minimum absolute atomic E-state index is 0.834. The van der Waals surface area contributed by atoms with Crippen LogP contribution in [0.1, 0.15) is 18.1 Å². The molecule has 0 aliphatic carbocycles. The Balaban J connectivity index is 2.13. The minimum Gasteiger partial charge on any atom is -0.497 e. The Morgan fingerprint density at radius 2 is 2.14 bits per heavy atom. The lowest BCUT2D eigenvalue weighted by Gasteiger charge is -2.22. The maximum Gasteiger partial charge on any atom is 0.119 e. The van der Waals surface area contributed by atoms with E-state index in [9.17, 15) is 0 Å². The second-order valence-electron chi connectivity index (χ2n) is 4.99. The number of hydrogen-bond donors (Lipinski definition) is 1. The molecule has 21 heavy (non-hydrogen) atoms. The van der Waals surface area contributed by atoms with Crippen LogP contribution in [0.25, 0.3) is 0 Å². The standard InChI is InChI=1S/C17H23N3O/c1-4-18-11-15-12-19-9-8-17(15)20(2)13-14-6-5-7-16(10-14)21-3/h5-10,12,18H,4,11,13H2,1-3H3. The summed E-state index contributed by atoms with van der Waals surface area (Å²) in [4.78, 5) is 6.47. The molecule has 0 radical (unpaired) electrons. The number of ether oxygens (including phenoxy) is 1. The molecule has 1 heterocycles. The number of rotatable bonds is 7. The van der Waals surface area contributed by atoms with Crippen molar-refractivity contribution in [2.24, 2.45) is 0 Å². The molecule has 0 saturated carbocycles. The lowest BCUT2D eigenvalue weighted by Crippen LogP contribution is -2.20. The third kappa shape index (κ3) is 4.20. The zero-order valence-corrected chi connectivity index (χ0v) is 13.0. The van der Waals surface area contributed by atoms with Crippen LogP contribution in [-0.4, -0.2) is 25.7 Å². The van der Waals surface area contributed by atoms with Crippen molar-refractivity contribution in [1.82, 2.24) is 10.3 Å². The fraction of sp³-hybridized carbons (Fsp3) is 0.353. The Morgan fingerprint density at radius 3 is 2.90 bits per heavy atom. The van der Waals surface area contributed by atoms with Gasteiger partial charge in [0.2, 0.25) is 0 Å². The number of aromatic nitrogens is 1. The molecule has 4 heteroatoms. The largest absolute Gasteiger partial charge is 0.497 e. The van der Waals surface area contributed by atoms with Crippen LogP contribution in [0.3, 0.4) is 0 Å². The minimum atomic E-state index is 0.834. The normalized spacial score (nSPS) is 10.4. The predicted molar refractivity (Wildman–Crippen MR) is 86.7 cm³/mol. The molecule has 0 spiro atoms. The predicted octanol–water partition coefficient (Wildman–Crippen LogP) is 2.84. The summed E-state index contributed by atoms with van der Waals surface area (Å²) in [6.07, 6.45) is 3.77. The number of nitrogens with one attached hydrogen (secondary N) is 1. The van der Waals surface area contributed by atoms with Crippen LogP contribution in [0.2, 0.25) is 0 Å². The lowest BCUT2D eigenvalue weighted by molar-refractivity contribution is 0.414. The van der Waals surface area contributed by atoms with Crippen molar-refractivity contribution in [1.29, 1.82) is 0 Å². The first kappa shape index (κ1) is 15.3. The topological polar surface area (TPSA) is 37.4 Å². The molecule has 0 fully saturated rings. The quantitative estimate of drug-likeness (QED) is 0.849. The first-order valence-corrected chi connectivity index (χ1v) is 7.22. The molecule has 1 aromatic carbocycles. The zero-order valence-electron chi connectivity index (χ0n) is 13.0. The zero-order chi connectivity index (χ0) is 15.1. The van der Waals surface area contributed by atoms with Crippen LogP contribution >= 0.6 is 0 Å². The van der Waals surface area contributed by atoms with Gasteiger partial charge in [-0.3, -0.25) is 4.98 Å². The molecule has 1 aromatic heterocycles. The molecule has 0 amide bonds. The molecule has 0 aliphatic rings. The summed E-state index contributed by atoms with van der Waals surface area (Å²) in [5, 5.41) is 3.36. The van der Waals surface area contributed by atoms with Gasteiger partial charge in [-0.15, -0.1) is 0 Å².